The van der Waals surface area contributed by atoms with Gasteiger partial charge in [-0.3, -0.25) is 9.69 Å². The quantitative estimate of drug-likeness (QED) is 0.545. The third kappa shape index (κ3) is 3.08. The van der Waals surface area contributed by atoms with Crippen LogP contribution in [0, 0.1) is 0 Å². The molecule has 0 bridgehead atoms. The molecule has 1 aliphatic rings. The van der Waals surface area contributed by atoms with E-state index in [1.807, 2.05) is 83.6 Å². The van der Waals surface area contributed by atoms with E-state index in [0.717, 1.165) is 28.4 Å². The van der Waals surface area contributed by atoms with Gasteiger partial charge >= 0.3 is 0 Å². The third-order valence-electron chi connectivity index (χ3n) is 5.29. The van der Waals surface area contributed by atoms with E-state index in [-0.39, 0.29) is 12.1 Å². The number of imidazole rings is 1. The lowest BCUT2D eigenvalue weighted by Gasteiger charge is -2.38. The SMILES string of the molecule is COc1ccc(N2C(=O)c3ccccc3N[C@H]2c2ccc(-n3ccnc3)cc2)cc1. The van der Waals surface area contributed by atoms with Crippen molar-refractivity contribution in [3.8, 4) is 11.4 Å². The average molecular weight is 396 g/mol. The number of nitrogens with zero attached hydrogens (tertiary/aromatic N) is 3. The Hall–Kier alpha value is -4.06. The highest BCUT2D eigenvalue weighted by Crippen LogP contribution is 2.37. The summed E-state index contributed by atoms with van der Waals surface area (Å²) in [5, 5.41) is 3.53. The molecule has 6 nitrogen and oxygen atoms in total. The van der Waals surface area contributed by atoms with E-state index in [4.69, 9.17) is 4.74 Å². The van der Waals surface area contributed by atoms with Gasteiger partial charge in [0.25, 0.3) is 5.91 Å². The number of anilines is 2. The van der Waals surface area contributed by atoms with Crippen LogP contribution in [0.4, 0.5) is 11.4 Å². The normalized spacial score (nSPS) is 15.4. The first kappa shape index (κ1) is 18.0. The zero-order chi connectivity index (χ0) is 20.5. The largest absolute Gasteiger partial charge is 0.497 e. The molecule has 0 fully saturated rings. The number of para-hydroxylation sites is 1. The summed E-state index contributed by atoms with van der Waals surface area (Å²) in [5.74, 6) is 0.705. The number of hydrogen-bond donors (Lipinski definition) is 1. The fraction of sp³-hybridized carbons (Fsp3) is 0.0833. The van der Waals surface area contributed by atoms with Gasteiger partial charge in [0.15, 0.2) is 0 Å². The fourth-order valence-electron chi connectivity index (χ4n) is 3.74. The number of fused-ring (bicyclic) bond motifs is 1. The van der Waals surface area contributed by atoms with Crippen molar-refractivity contribution in [3.63, 3.8) is 0 Å². The van der Waals surface area contributed by atoms with Crippen LogP contribution in [0.5, 0.6) is 5.75 Å². The van der Waals surface area contributed by atoms with Crippen molar-refractivity contribution in [2.45, 2.75) is 6.17 Å². The Morgan fingerprint density at radius 3 is 2.37 bits per heavy atom. The molecule has 0 spiro atoms. The number of hydrogen-bond acceptors (Lipinski definition) is 4. The van der Waals surface area contributed by atoms with Gasteiger partial charge in [-0.15, -0.1) is 0 Å². The Morgan fingerprint density at radius 2 is 1.67 bits per heavy atom. The Kier molecular flexibility index (Phi) is 4.44. The van der Waals surface area contributed by atoms with E-state index < -0.39 is 0 Å². The Balaban J connectivity index is 1.57. The number of ether oxygens (including phenoxy) is 1. The Labute approximate surface area is 174 Å². The molecule has 2 heterocycles. The van der Waals surface area contributed by atoms with Gasteiger partial charge < -0.3 is 14.6 Å². The van der Waals surface area contributed by atoms with Crippen LogP contribution in [0.2, 0.25) is 0 Å². The number of aromatic nitrogens is 2. The van der Waals surface area contributed by atoms with Crippen LogP contribution >= 0.6 is 0 Å². The Morgan fingerprint density at radius 1 is 0.933 bits per heavy atom. The number of rotatable bonds is 4. The van der Waals surface area contributed by atoms with E-state index in [0.29, 0.717) is 5.56 Å². The lowest BCUT2D eigenvalue weighted by atomic mass is 10.0. The molecular weight excluding hydrogens is 376 g/mol. The van der Waals surface area contributed by atoms with E-state index in [9.17, 15) is 4.79 Å². The van der Waals surface area contributed by atoms with Gasteiger partial charge in [0.2, 0.25) is 0 Å². The maximum absolute atomic E-state index is 13.5. The zero-order valence-electron chi connectivity index (χ0n) is 16.4. The zero-order valence-corrected chi connectivity index (χ0v) is 16.4. The highest BCUT2D eigenvalue weighted by atomic mass is 16.5. The highest BCUT2D eigenvalue weighted by molar-refractivity contribution is 6.12. The molecule has 148 valence electrons. The third-order valence-corrected chi connectivity index (χ3v) is 5.29. The Bertz CT molecular complexity index is 1170. The molecule has 5 rings (SSSR count). The summed E-state index contributed by atoms with van der Waals surface area (Å²) in [6.45, 7) is 0. The molecule has 30 heavy (non-hydrogen) atoms. The second kappa shape index (κ2) is 7.40. The van der Waals surface area contributed by atoms with Crippen LogP contribution in [0.25, 0.3) is 5.69 Å². The van der Waals surface area contributed by atoms with Gasteiger partial charge in [0.05, 0.1) is 19.0 Å². The minimum Gasteiger partial charge on any atom is -0.497 e. The van der Waals surface area contributed by atoms with Gasteiger partial charge in [0.1, 0.15) is 11.9 Å². The number of carbonyl (C=O) groups is 1. The second-order valence-electron chi connectivity index (χ2n) is 7.03. The van der Waals surface area contributed by atoms with Gasteiger partial charge in [-0.1, -0.05) is 24.3 Å². The topological polar surface area (TPSA) is 59.4 Å². The average Bonchev–Trinajstić information content (AvgIpc) is 3.34. The van der Waals surface area contributed by atoms with Crippen LogP contribution in [0.15, 0.2) is 91.5 Å². The molecule has 1 aliphatic heterocycles. The molecule has 0 saturated carbocycles. The summed E-state index contributed by atoms with van der Waals surface area (Å²) in [5.41, 5.74) is 4.27. The summed E-state index contributed by atoms with van der Waals surface area (Å²) in [4.78, 5) is 19.3. The molecule has 1 amide bonds. The van der Waals surface area contributed by atoms with Gasteiger partial charge in [0, 0.05) is 29.5 Å². The summed E-state index contributed by atoms with van der Waals surface area (Å²) in [6, 6.07) is 23.2. The predicted octanol–water partition coefficient (Wildman–Crippen LogP) is 4.65. The lowest BCUT2D eigenvalue weighted by molar-refractivity contribution is 0.0975. The van der Waals surface area contributed by atoms with Crippen molar-refractivity contribution >= 4 is 17.3 Å². The predicted molar refractivity (Wildman–Crippen MR) is 116 cm³/mol. The molecule has 1 aromatic heterocycles. The van der Waals surface area contributed by atoms with Crippen molar-refractivity contribution in [3.05, 3.63) is 103 Å². The minimum absolute atomic E-state index is 0.0433. The molecular formula is C24H20N4O2. The van der Waals surface area contributed by atoms with E-state index in [1.54, 1.807) is 24.5 Å². The second-order valence-corrected chi connectivity index (χ2v) is 7.03. The standard InChI is InChI=1S/C24H20N4O2/c1-30-20-12-10-19(11-13-20)28-23(26-22-5-3-2-4-21(22)24(28)29)17-6-8-18(9-7-17)27-15-14-25-16-27/h2-16,23,26H,1H3/t23-/m1/s1. The van der Waals surface area contributed by atoms with E-state index >= 15 is 0 Å². The number of amides is 1. The molecule has 0 unspecified atom stereocenters. The maximum Gasteiger partial charge on any atom is 0.262 e. The fourth-order valence-corrected chi connectivity index (χ4v) is 3.74. The monoisotopic (exact) mass is 396 g/mol. The van der Waals surface area contributed by atoms with Gasteiger partial charge in [-0.05, 0) is 54.1 Å². The molecule has 1 atom stereocenters. The summed E-state index contributed by atoms with van der Waals surface area (Å²) in [7, 11) is 1.63. The number of carbonyl (C=O) groups excluding carboxylic acids is 1. The van der Waals surface area contributed by atoms with Crippen LogP contribution in [-0.2, 0) is 0 Å². The van der Waals surface area contributed by atoms with Gasteiger partial charge in [-0.2, -0.15) is 0 Å². The minimum atomic E-state index is -0.336. The molecule has 0 radical (unpaired) electrons. The first-order valence-corrected chi connectivity index (χ1v) is 9.66. The molecule has 0 saturated heterocycles. The number of nitrogens with one attached hydrogen (secondary N) is 1. The summed E-state index contributed by atoms with van der Waals surface area (Å²) < 4.78 is 7.22. The molecule has 0 aliphatic carbocycles. The first-order valence-electron chi connectivity index (χ1n) is 9.66. The van der Waals surface area contributed by atoms with Crippen LogP contribution in [-0.4, -0.2) is 22.6 Å². The van der Waals surface area contributed by atoms with Crippen molar-refractivity contribution in [2.75, 3.05) is 17.3 Å². The first-order chi connectivity index (χ1) is 14.7. The van der Waals surface area contributed by atoms with Crippen LogP contribution in [0.3, 0.4) is 0 Å². The smallest absolute Gasteiger partial charge is 0.262 e. The van der Waals surface area contributed by atoms with Crippen molar-refractivity contribution in [1.82, 2.24) is 9.55 Å². The molecule has 1 N–H and O–H groups in total. The molecule has 6 heteroatoms. The molecule has 3 aromatic carbocycles. The molecule has 4 aromatic rings. The summed E-state index contributed by atoms with van der Waals surface area (Å²) in [6.07, 6.45) is 5.07. The van der Waals surface area contributed by atoms with Crippen molar-refractivity contribution < 1.29 is 9.53 Å². The van der Waals surface area contributed by atoms with E-state index in [1.165, 1.54) is 0 Å². The van der Waals surface area contributed by atoms with Gasteiger partial charge in [-0.25, -0.2) is 4.98 Å². The maximum atomic E-state index is 13.5. The highest BCUT2D eigenvalue weighted by Gasteiger charge is 2.34. The van der Waals surface area contributed by atoms with Crippen molar-refractivity contribution in [1.29, 1.82) is 0 Å². The van der Waals surface area contributed by atoms with E-state index in [2.05, 4.69) is 10.3 Å². The summed E-state index contributed by atoms with van der Waals surface area (Å²) >= 11 is 0. The number of benzene rings is 3. The van der Waals surface area contributed by atoms with Crippen molar-refractivity contribution in [2.24, 2.45) is 0 Å². The van der Waals surface area contributed by atoms with Crippen LogP contribution in [0.1, 0.15) is 22.1 Å². The van der Waals surface area contributed by atoms with Crippen LogP contribution < -0.4 is 15.0 Å². The number of methoxy groups -OCH3 is 1. The lowest BCUT2D eigenvalue weighted by Crippen LogP contribution is -2.43.